The SMILES string of the molecule is O=C(Nc1cccnc1-n1cccn1)N1CCN(C(=O)[C@@H]2CCS(=O)(=O)C2)CC1. The van der Waals surface area contributed by atoms with Crippen molar-refractivity contribution in [3.63, 3.8) is 0 Å². The number of urea groups is 1. The van der Waals surface area contributed by atoms with E-state index in [0.29, 0.717) is 44.1 Å². The highest BCUT2D eigenvalue weighted by molar-refractivity contribution is 7.91. The Morgan fingerprint density at radius 3 is 2.48 bits per heavy atom. The molecule has 11 heteroatoms. The first-order chi connectivity index (χ1) is 13.9. The van der Waals surface area contributed by atoms with Gasteiger partial charge in [0.05, 0.1) is 23.1 Å². The van der Waals surface area contributed by atoms with Crippen LogP contribution >= 0.6 is 0 Å². The van der Waals surface area contributed by atoms with Crippen LogP contribution < -0.4 is 5.32 Å². The van der Waals surface area contributed by atoms with Crippen molar-refractivity contribution in [3.8, 4) is 5.82 Å². The molecule has 4 heterocycles. The van der Waals surface area contributed by atoms with E-state index in [9.17, 15) is 18.0 Å². The Bertz CT molecular complexity index is 999. The van der Waals surface area contributed by atoms with Gasteiger partial charge in [-0.05, 0) is 24.6 Å². The second-order valence-corrected chi connectivity index (χ2v) is 9.40. The molecular weight excluding hydrogens is 396 g/mol. The van der Waals surface area contributed by atoms with Gasteiger partial charge in [-0.2, -0.15) is 5.10 Å². The number of nitrogens with zero attached hydrogens (tertiary/aromatic N) is 5. The van der Waals surface area contributed by atoms with E-state index in [2.05, 4.69) is 15.4 Å². The van der Waals surface area contributed by atoms with Gasteiger partial charge in [0, 0.05) is 44.8 Å². The first kappa shape index (κ1) is 19.4. The van der Waals surface area contributed by atoms with Crippen LogP contribution in [0.4, 0.5) is 10.5 Å². The summed E-state index contributed by atoms with van der Waals surface area (Å²) >= 11 is 0. The lowest BCUT2D eigenvalue weighted by atomic mass is 10.1. The van der Waals surface area contributed by atoms with Crippen molar-refractivity contribution >= 4 is 27.5 Å². The molecule has 29 heavy (non-hydrogen) atoms. The molecule has 0 spiro atoms. The fraction of sp³-hybridized carbons (Fsp3) is 0.444. The van der Waals surface area contributed by atoms with E-state index in [0.717, 1.165) is 0 Å². The maximum atomic E-state index is 12.7. The zero-order valence-corrected chi connectivity index (χ0v) is 16.6. The predicted octanol–water partition coefficient (Wildman–Crippen LogP) is 0.378. The van der Waals surface area contributed by atoms with E-state index in [1.807, 2.05) is 0 Å². The summed E-state index contributed by atoms with van der Waals surface area (Å²) in [5.74, 6) is -0.0481. The summed E-state index contributed by atoms with van der Waals surface area (Å²) in [6.45, 7) is 1.55. The largest absolute Gasteiger partial charge is 0.339 e. The average Bonchev–Trinajstić information content (AvgIpc) is 3.37. The number of nitrogens with one attached hydrogen (secondary N) is 1. The maximum absolute atomic E-state index is 12.7. The summed E-state index contributed by atoms with van der Waals surface area (Å²) in [5.41, 5.74) is 0.538. The van der Waals surface area contributed by atoms with E-state index < -0.39 is 15.8 Å². The standard InChI is InChI=1S/C18H22N6O4S/c25-17(14-4-12-29(27,28)13-14)22-8-10-23(11-9-22)18(26)21-15-3-1-5-19-16(15)24-7-2-6-20-24/h1-3,5-7,14H,4,8-13H2,(H,21,26)/t14-/m1/s1. The quantitative estimate of drug-likeness (QED) is 0.770. The van der Waals surface area contributed by atoms with E-state index in [4.69, 9.17) is 0 Å². The molecule has 2 aliphatic rings. The van der Waals surface area contributed by atoms with Gasteiger partial charge < -0.3 is 15.1 Å². The molecule has 0 radical (unpaired) electrons. The van der Waals surface area contributed by atoms with Crippen LogP contribution in [-0.2, 0) is 14.6 Å². The Morgan fingerprint density at radius 1 is 1.07 bits per heavy atom. The van der Waals surface area contributed by atoms with Gasteiger partial charge in [0.1, 0.15) is 0 Å². The topological polar surface area (TPSA) is 118 Å². The van der Waals surface area contributed by atoms with Crippen molar-refractivity contribution in [3.05, 3.63) is 36.8 Å². The van der Waals surface area contributed by atoms with Crippen LogP contribution in [-0.4, -0.2) is 82.6 Å². The van der Waals surface area contributed by atoms with Crippen LogP contribution in [0.2, 0.25) is 0 Å². The number of sulfone groups is 1. The van der Waals surface area contributed by atoms with Crippen molar-refractivity contribution in [1.82, 2.24) is 24.6 Å². The lowest BCUT2D eigenvalue weighted by Gasteiger charge is -2.35. The van der Waals surface area contributed by atoms with Gasteiger partial charge in [0.25, 0.3) is 0 Å². The highest BCUT2D eigenvalue weighted by Crippen LogP contribution is 2.22. The van der Waals surface area contributed by atoms with E-state index in [1.165, 1.54) is 0 Å². The van der Waals surface area contributed by atoms with E-state index >= 15 is 0 Å². The number of hydrogen-bond donors (Lipinski definition) is 1. The number of rotatable bonds is 3. The van der Waals surface area contributed by atoms with Crippen LogP contribution in [0.5, 0.6) is 0 Å². The fourth-order valence-electron chi connectivity index (χ4n) is 3.64. The molecule has 3 amide bonds. The lowest BCUT2D eigenvalue weighted by Crippen LogP contribution is -2.53. The summed E-state index contributed by atoms with van der Waals surface area (Å²) in [6.07, 6.45) is 5.39. The number of carbonyl (C=O) groups is 2. The summed E-state index contributed by atoms with van der Waals surface area (Å²) in [6, 6.07) is 4.98. The molecule has 0 saturated carbocycles. The van der Waals surface area contributed by atoms with Crippen molar-refractivity contribution in [2.75, 3.05) is 43.0 Å². The van der Waals surface area contributed by atoms with Gasteiger partial charge in [-0.15, -0.1) is 0 Å². The second-order valence-electron chi connectivity index (χ2n) is 7.17. The molecule has 154 valence electrons. The minimum Gasteiger partial charge on any atom is -0.339 e. The fourth-order valence-corrected chi connectivity index (χ4v) is 5.38. The summed E-state index contributed by atoms with van der Waals surface area (Å²) < 4.78 is 24.8. The number of aromatic nitrogens is 3. The van der Waals surface area contributed by atoms with Crippen LogP contribution in [0.3, 0.4) is 0 Å². The average molecular weight is 418 g/mol. The number of pyridine rings is 1. The number of amides is 3. The first-order valence-corrected chi connectivity index (χ1v) is 11.3. The van der Waals surface area contributed by atoms with Gasteiger partial charge in [0.2, 0.25) is 5.91 Å². The molecule has 2 aromatic heterocycles. The van der Waals surface area contributed by atoms with Crippen LogP contribution in [0, 0.1) is 5.92 Å². The molecule has 2 fully saturated rings. The minimum atomic E-state index is -3.10. The smallest absolute Gasteiger partial charge is 0.322 e. The Morgan fingerprint density at radius 2 is 1.83 bits per heavy atom. The Hall–Kier alpha value is -2.95. The highest BCUT2D eigenvalue weighted by Gasteiger charge is 2.36. The third-order valence-electron chi connectivity index (χ3n) is 5.21. The molecule has 0 aromatic carbocycles. The molecular formula is C18H22N6O4S. The molecule has 2 saturated heterocycles. The van der Waals surface area contributed by atoms with Crippen LogP contribution in [0.15, 0.2) is 36.8 Å². The molecule has 0 unspecified atom stereocenters. The predicted molar refractivity (Wildman–Crippen MR) is 105 cm³/mol. The maximum Gasteiger partial charge on any atom is 0.322 e. The van der Waals surface area contributed by atoms with Gasteiger partial charge in [-0.25, -0.2) is 22.9 Å². The molecule has 2 aromatic rings. The molecule has 4 rings (SSSR count). The number of piperazine rings is 1. The summed E-state index contributed by atoms with van der Waals surface area (Å²) in [4.78, 5) is 32.8. The molecule has 1 N–H and O–H groups in total. The third kappa shape index (κ3) is 4.24. The van der Waals surface area contributed by atoms with Crippen LogP contribution in [0.1, 0.15) is 6.42 Å². The van der Waals surface area contributed by atoms with Crippen molar-refractivity contribution < 1.29 is 18.0 Å². The normalized spacial score (nSPS) is 21.2. The van der Waals surface area contributed by atoms with Gasteiger partial charge in [-0.1, -0.05) is 0 Å². The van der Waals surface area contributed by atoms with Crippen molar-refractivity contribution in [1.29, 1.82) is 0 Å². The molecule has 0 bridgehead atoms. The Kier molecular flexibility index (Phi) is 5.22. The number of hydrogen-bond acceptors (Lipinski definition) is 6. The van der Waals surface area contributed by atoms with Crippen LogP contribution in [0.25, 0.3) is 5.82 Å². The lowest BCUT2D eigenvalue weighted by molar-refractivity contribution is -0.136. The molecule has 1 atom stereocenters. The van der Waals surface area contributed by atoms with E-state index in [-0.39, 0.29) is 23.4 Å². The Labute approximate surface area is 168 Å². The second kappa shape index (κ2) is 7.82. The van der Waals surface area contributed by atoms with Gasteiger partial charge in [0.15, 0.2) is 15.7 Å². The van der Waals surface area contributed by atoms with Gasteiger partial charge >= 0.3 is 6.03 Å². The summed E-state index contributed by atoms with van der Waals surface area (Å²) in [5, 5.41) is 7.01. The summed E-state index contributed by atoms with van der Waals surface area (Å²) in [7, 11) is -3.10. The molecule has 10 nitrogen and oxygen atoms in total. The van der Waals surface area contributed by atoms with Gasteiger partial charge in [-0.3, -0.25) is 4.79 Å². The molecule has 0 aliphatic carbocycles. The molecule has 2 aliphatic heterocycles. The zero-order valence-electron chi connectivity index (χ0n) is 15.8. The first-order valence-electron chi connectivity index (χ1n) is 9.43. The monoisotopic (exact) mass is 418 g/mol. The number of carbonyl (C=O) groups excluding carboxylic acids is 2. The Balaban J connectivity index is 1.35. The minimum absolute atomic E-state index is 0.0657. The number of anilines is 1. The van der Waals surface area contributed by atoms with E-state index in [1.54, 1.807) is 51.3 Å². The zero-order chi connectivity index (χ0) is 20.4. The third-order valence-corrected chi connectivity index (χ3v) is 6.98. The van der Waals surface area contributed by atoms with Crippen molar-refractivity contribution in [2.45, 2.75) is 6.42 Å². The highest BCUT2D eigenvalue weighted by atomic mass is 32.2. The van der Waals surface area contributed by atoms with Crippen molar-refractivity contribution in [2.24, 2.45) is 5.92 Å².